The van der Waals surface area contributed by atoms with Crippen LogP contribution < -0.4 is 5.32 Å². The van der Waals surface area contributed by atoms with Gasteiger partial charge in [-0.05, 0) is 69.6 Å². The summed E-state index contributed by atoms with van der Waals surface area (Å²) in [6.45, 7) is 3.36. The maximum absolute atomic E-state index is 13.5. The fraction of sp³-hybridized carbons (Fsp3) is 0.500. The van der Waals surface area contributed by atoms with E-state index in [2.05, 4.69) is 15.4 Å². The molecular weight excluding hydrogens is 485 g/mol. The van der Waals surface area contributed by atoms with Crippen LogP contribution in [0.2, 0.25) is 5.02 Å². The Kier molecular flexibility index (Phi) is 6.01. The zero-order chi connectivity index (χ0) is 26.0. The second-order valence-corrected chi connectivity index (χ2v) is 11.3. The zero-order valence-electron chi connectivity index (χ0n) is 20.8. The molecule has 5 rings (SSSR count). The molecule has 2 atom stereocenters. The van der Waals surface area contributed by atoms with Crippen molar-refractivity contribution in [3.63, 3.8) is 0 Å². The molecule has 2 aromatic heterocycles. The van der Waals surface area contributed by atoms with Crippen molar-refractivity contribution in [3.8, 4) is 0 Å². The number of amides is 1. The lowest BCUT2D eigenvalue weighted by atomic mass is 9.84. The molecule has 0 radical (unpaired) electrons. The molecule has 0 bridgehead atoms. The van der Waals surface area contributed by atoms with Gasteiger partial charge in [0.1, 0.15) is 17.1 Å². The van der Waals surface area contributed by atoms with Gasteiger partial charge in [0, 0.05) is 37.5 Å². The van der Waals surface area contributed by atoms with Gasteiger partial charge in [0.05, 0.1) is 28.3 Å². The van der Waals surface area contributed by atoms with Crippen LogP contribution in [0.15, 0.2) is 30.7 Å². The number of aliphatic hydroxyl groups is 2. The molecule has 10 heteroatoms. The number of carbonyl (C=O) groups is 1. The number of rotatable bonds is 5. The Balaban J connectivity index is 1.34. The van der Waals surface area contributed by atoms with E-state index in [0.29, 0.717) is 35.5 Å². The smallest absolute Gasteiger partial charge is 0.274 e. The number of hydrogen-bond donors (Lipinski definition) is 3. The Morgan fingerprint density at radius 2 is 1.92 bits per heavy atom. The van der Waals surface area contributed by atoms with Gasteiger partial charge in [0.15, 0.2) is 0 Å². The topological polar surface area (TPSA) is 105 Å². The molecule has 0 aliphatic heterocycles. The highest BCUT2D eigenvalue weighted by atomic mass is 35.5. The summed E-state index contributed by atoms with van der Waals surface area (Å²) in [5.74, 6) is -0.251. The summed E-state index contributed by atoms with van der Waals surface area (Å²) >= 11 is 5.86. The summed E-state index contributed by atoms with van der Waals surface area (Å²) in [5, 5.41) is 29.4. The third-order valence-corrected chi connectivity index (χ3v) is 7.98. The molecule has 2 fully saturated rings. The van der Waals surface area contributed by atoms with Crippen LogP contribution in [0.3, 0.4) is 0 Å². The van der Waals surface area contributed by atoms with E-state index < -0.39 is 17.0 Å². The number of anilines is 1. The van der Waals surface area contributed by atoms with Gasteiger partial charge >= 0.3 is 0 Å². The van der Waals surface area contributed by atoms with E-state index in [-0.39, 0.29) is 28.7 Å². The van der Waals surface area contributed by atoms with Gasteiger partial charge in [-0.25, -0.2) is 9.37 Å². The lowest BCUT2D eigenvalue weighted by Gasteiger charge is -2.27. The number of nitrogens with one attached hydrogen (secondary N) is 1. The average Bonchev–Trinajstić information content (AvgIpc) is 3.52. The summed E-state index contributed by atoms with van der Waals surface area (Å²) < 4.78 is 16.8. The first-order valence-corrected chi connectivity index (χ1v) is 12.5. The molecule has 0 spiro atoms. The summed E-state index contributed by atoms with van der Waals surface area (Å²) in [4.78, 5) is 17.7. The lowest BCUT2D eigenvalue weighted by molar-refractivity contribution is 0.0220. The van der Waals surface area contributed by atoms with E-state index >= 15 is 0 Å². The van der Waals surface area contributed by atoms with Crippen LogP contribution in [0, 0.1) is 17.7 Å². The third-order valence-electron chi connectivity index (χ3n) is 7.70. The zero-order valence-corrected chi connectivity index (χ0v) is 21.6. The van der Waals surface area contributed by atoms with Crippen molar-refractivity contribution < 1.29 is 19.4 Å². The second-order valence-electron chi connectivity index (χ2n) is 10.9. The Hall–Kier alpha value is -2.75. The van der Waals surface area contributed by atoms with Crippen LogP contribution in [-0.2, 0) is 25.3 Å². The molecule has 36 heavy (non-hydrogen) atoms. The highest BCUT2D eigenvalue weighted by molar-refractivity contribution is 6.31. The van der Waals surface area contributed by atoms with Gasteiger partial charge < -0.3 is 20.1 Å². The largest absolute Gasteiger partial charge is 0.385 e. The van der Waals surface area contributed by atoms with Crippen molar-refractivity contribution in [2.45, 2.75) is 56.7 Å². The van der Waals surface area contributed by atoms with Crippen LogP contribution in [0.5, 0.6) is 0 Å². The maximum atomic E-state index is 13.5. The number of aromatic nitrogens is 4. The number of hydrogen-bond acceptors (Lipinski definition) is 5. The fourth-order valence-corrected chi connectivity index (χ4v) is 6.36. The summed E-state index contributed by atoms with van der Waals surface area (Å²) in [6.07, 6.45) is 6.22. The number of carbonyl (C=O) groups excluding carboxylic acids is 1. The monoisotopic (exact) mass is 515 g/mol. The number of benzene rings is 1. The first kappa shape index (κ1) is 24.9. The number of imidazole rings is 1. The second kappa shape index (κ2) is 8.68. The number of halogens is 2. The van der Waals surface area contributed by atoms with E-state index in [1.54, 1.807) is 43.5 Å². The Morgan fingerprint density at radius 1 is 1.25 bits per heavy atom. The molecular formula is C26H31ClFN5O3. The Labute approximate surface area is 214 Å². The maximum Gasteiger partial charge on any atom is 0.274 e. The van der Waals surface area contributed by atoms with Gasteiger partial charge in [0.2, 0.25) is 0 Å². The molecule has 192 valence electrons. The molecule has 0 saturated heterocycles. The standard InChI is InChI=1S/C26H31ClFN5O3/c1-25(2,35)23-18(12-33(4)31-23)26(36)10-15-7-14(8-16(15)11-26)21-22(32(3)13-29-21)24(34)30-17-5-6-20(28)19(27)9-17/h5-6,9,12-16,35-36H,7-8,10-11H2,1-4H3,(H,30,34). The minimum Gasteiger partial charge on any atom is -0.385 e. The van der Waals surface area contributed by atoms with Gasteiger partial charge in [-0.1, -0.05) is 11.6 Å². The van der Waals surface area contributed by atoms with Crippen molar-refractivity contribution in [2.75, 3.05) is 5.32 Å². The molecule has 2 aliphatic rings. The van der Waals surface area contributed by atoms with E-state index in [9.17, 15) is 19.4 Å². The Morgan fingerprint density at radius 3 is 2.53 bits per heavy atom. The first-order valence-electron chi connectivity index (χ1n) is 12.1. The molecule has 1 amide bonds. The highest BCUT2D eigenvalue weighted by Crippen LogP contribution is 2.57. The fourth-order valence-electron chi connectivity index (χ4n) is 6.17. The molecule has 2 unspecified atom stereocenters. The quantitative estimate of drug-likeness (QED) is 0.472. The van der Waals surface area contributed by atoms with Gasteiger partial charge in [-0.3, -0.25) is 9.48 Å². The van der Waals surface area contributed by atoms with E-state index in [0.717, 1.165) is 18.5 Å². The van der Waals surface area contributed by atoms with Crippen molar-refractivity contribution in [3.05, 3.63) is 64.2 Å². The average molecular weight is 516 g/mol. The molecule has 3 aromatic rings. The third kappa shape index (κ3) is 4.33. The number of nitrogens with zero attached hydrogens (tertiary/aromatic N) is 4. The van der Waals surface area contributed by atoms with E-state index in [1.165, 1.54) is 18.2 Å². The van der Waals surface area contributed by atoms with Crippen LogP contribution >= 0.6 is 11.6 Å². The minimum atomic E-state index is -1.16. The van der Waals surface area contributed by atoms with Gasteiger partial charge in [-0.15, -0.1) is 0 Å². The van der Waals surface area contributed by atoms with Crippen molar-refractivity contribution in [1.82, 2.24) is 19.3 Å². The minimum absolute atomic E-state index is 0.0597. The SMILES string of the molecule is Cn1cc(C2(O)CC3CC(c4ncn(C)c4C(=O)Nc4ccc(F)c(Cl)c4)CC3C2)c(C(C)(C)O)n1. The van der Waals surface area contributed by atoms with Crippen LogP contribution in [0.25, 0.3) is 0 Å². The van der Waals surface area contributed by atoms with Crippen molar-refractivity contribution in [1.29, 1.82) is 0 Å². The number of aryl methyl sites for hydroxylation is 2. The first-order chi connectivity index (χ1) is 16.9. The van der Waals surface area contributed by atoms with Gasteiger partial charge in [-0.2, -0.15) is 5.10 Å². The lowest BCUT2D eigenvalue weighted by Crippen LogP contribution is -2.28. The van der Waals surface area contributed by atoms with Crippen molar-refractivity contribution in [2.24, 2.45) is 25.9 Å². The van der Waals surface area contributed by atoms with Crippen LogP contribution in [0.4, 0.5) is 10.1 Å². The van der Waals surface area contributed by atoms with Crippen molar-refractivity contribution >= 4 is 23.2 Å². The van der Waals surface area contributed by atoms with Crippen LogP contribution in [-0.4, -0.2) is 35.5 Å². The Bertz CT molecular complexity index is 1310. The molecule has 8 nitrogen and oxygen atoms in total. The van der Waals surface area contributed by atoms with Crippen LogP contribution in [0.1, 0.15) is 72.9 Å². The summed E-state index contributed by atoms with van der Waals surface area (Å²) in [7, 11) is 3.57. The molecule has 2 aliphatic carbocycles. The summed E-state index contributed by atoms with van der Waals surface area (Å²) in [6, 6.07) is 4.06. The van der Waals surface area contributed by atoms with Gasteiger partial charge in [0.25, 0.3) is 5.91 Å². The summed E-state index contributed by atoms with van der Waals surface area (Å²) in [5.41, 5.74) is 0.610. The number of fused-ring (bicyclic) bond motifs is 1. The predicted octanol–water partition coefficient (Wildman–Crippen LogP) is 4.22. The molecule has 3 N–H and O–H groups in total. The van der Waals surface area contributed by atoms with E-state index in [4.69, 9.17) is 11.6 Å². The molecule has 2 heterocycles. The molecule has 2 saturated carbocycles. The predicted molar refractivity (Wildman–Crippen MR) is 133 cm³/mol. The highest BCUT2D eigenvalue weighted by Gasteiger charge is 2.52. The van der Waals surface area contributed by atoms with E-state index in [1.807, 2.05) is 6.20 Å². The normalized spacial score (nSPS) is 25.8. The molecule has 1 aromatic carbocycles.